The molecule has 0 spiro atoms. The number of ether oxygens (including phenoxy) is 1. The van der Waals surface area contributed by atoms with Crippen LogP contribution in [0.4, 0.5) is 0 Å². The smallest absolute Gasteiger partial charge is 0.224 e. The number of benzene rings is 1. The number of carbonyl (C=O) groups excluding carboxylic acids is 1. The summed E-state index contributed by atoms with van der Waals surface area (Å²) in [5.41, 5.74) is 0.813. The number of nitrogens with zero attached hydrogens (tertiary/aromatic N) is 1. The molecule has 0 aliphatic rings. The second-order valence-corrected chi connectivity index (χ2v) is 5.05. The second kappa shape index (κ2) is 8.02. The number of carbonyl (C=O) groups is 1. The van der Waals surface area contributed by atoms with E-state index in [1.807, 2.05) is 20.2 Å². The molecule has 5 heteroatoms. The van der Waals surface area contributed by atoms with Gasteiger partial charge in [-0.2, -0.15) is 0 Å². The fourth-order valence-electron chi connectivity index (χ4n) is 1.66. The molecule has 1 aromatic rings. The van der Waals surface area contributed by atoms with E-state index in [0.29, 0.717) is 23.7 Å². The third-order valence-electron chi connectivity index (χ3n) is 2.72. The monoisotopic (exact) mass is 284 g/mol. The molecule has 1 N–H and O–H groups in total. The maximum atomic E-state index is 11.7. The van der Waals surface area contributed by atoms with E-state index < -0.39 is 0 Å². The van der Waals surface area contributed by atoms with Crippen LogP contribution < -0.4 is 10.1 Å². The minimum absolute atomic E-state index is 0.00850. The third-order valence-corrected chi connectivity index (χ3v) is 3.07. The van der Waals surface area contributed by atoms with Crippen LogP contribution in [0.15, 0.2) is 18.2 Å². The Morgan fingerprint density at radius 3 is 2.74 bits per heavy atom. The third kappa shape index (κ3) is 5.94. The zero-order chi connectivity index (χ0) is 14.3. The van der Waals surface area contributed by atoms with E-state index >= 15 is 0 Å². The zero-order valence-electron chi connectivity index (χ0n) is 11.7. The Bertz CT molecular complexity index is 422. The van der Waals surface area contributed by atoms with Crippen LogP contribution in [-0.4, -0.2) is 45.1 Å². The average molecular weight is 285 g/mol. The molecule has 19 heavy (non-hydrogen) atoms. The second-order valence-electron chi connectivity index (χ2n) is 4.64. The van der Waals surface area contributed by atoms with Crippen molar-refractivity contribution >= 4 is 17.5 Å². The van der Waals surface area contributed by atoms with E-state index in [1.165, 1.54) is 0 Å². The molecule has 0 heterocycles. The first-order valence-electron chi connectivity index (χ1n) is 6.26. The molecule has 1 aromatic carbocycles. The molecule has 106 valence electrons. The fourth-order valence-corrected chi connectivity index (χ4v) is 1.89. The number of methoxy groups -OCH3 is 1. The standard InChI is InChI=1S/C14H21ClN2O2/c1-17(2)8-4-7-16-14(18)9-11-5-6-12(19-3)10-13(11)15/h5-6,10H,4,7-9H2,1-3H3,(H,16,18). The lowest BCUT2D eigenvalue weighted by Gasteiger charge is -2.10. The quantitative estimate of drug-likeness (QED) is 0.778. The predicted octanol–water partition coefficient (Wildman–Crippen LogP) is 1.96. The fraction of sp³-hybridized carbons (Fsp3) is 0.500. The van der Waals surface area contributed by atoms with Gasteiger partial charge in [-0.15, -0.1) is 0 Å². The first-order chi connectivity index (χ1) is 9.02. The molecular weight excluding hydrogens is 264 g/mol. The molecule has 0 saturated heterocycles. The van der Waals surface area contributed by atoms with Gasteiger partial charge in [0.05, 0.1) is 13.5 Å². The van der Waals surface area contributed by atoms with E-state index in [-0.39, 0.29) is 5.91 Å². The Morgan fingerprint density at radius 2 is 2.16 bits per heavy atom. The van der Waals surface area contributed by atoms with Gasteiger partial charge in [0, 0.05) is 11.6 Å². The Morgan fingerprint density at radius 1 is 1.42 bits per heavy atom. The van der Waals surface area contributed by atoms with Crippen molar-refractivity contribution in [2.24, 2.45) is 0 Å². The highest BCUT2D eigenvalue weighted by atomic mass is 35.5. The number of rotatable bonds is 7. The predicted molar refractivity (Wildman–Crippen MR) is 77.9 cm³/mol. The molecule has 0 fully saturated rings. The van der Waals surface area contributed by atoms with Crippen LogP contribution in [0.2, 0.25) is 5.02 Å². The molecule has 0 unspecified atom stereocenters. The molecule has 1 rings (SSSR count). The van der Waals surface area contributed by atoms with Crippen LogP contribution in [0.25, 0.3) is 0 Å². The molecule has 0 aromatic heterocycles. The highest BCUT2D eigenvalue weighted by molar-refractivity contribution is 6.31. The van der Waals surface area contributed by atoms with Crippen LogP contribution in [0.3, 0.4) is 0 Å². The number of amides is 1. The van der Waals surface area contributed by atoms with Crippen LogP contribution >= 0.6 is 11.6 Å². The zero-order valence-corrected chi connectivity index (χ0v) is 12.5. The van der Waals surface area contributed by atoms with Gasteiger partial charge in [0.25, 0.3) is 0 Å². The van der Waals surface area contributed by atoms with Crippen LogP contribution in [-0.2, 0) is 11.2 Å². The Labute approximate surface area is 119 Å². The van der Waals surface area contributed by atoms with Gasteiger partial charge in [0.15, 0.2) is 0 Å². The van der Waals surface area contributed by atoms with Gasteiger partial charge in [-0.3, -0.25) is 4.79 Å². The molecule has 0 aliphatic heterocycles. The number of halogens is 1. The summed E-state index contributed by atoms with van der Waals surface area (Å²) in [6, 6.07) is 5.34. The lowest BCUT2D eigenvalue weighted by atomic mass is 10.1. The molecule has 0 atom stereocenters. The van der Waals surface area contributed by atoms with E-state index in [9.17, 15) is 4.79 Å². The van der Waals surface area contributed by atoms with Crippen molar-refractivity contribution in [1.29, 1.82) is 0 Å². The van der Waals surface area contributed by atoms with E-state index in [1.54, 1.807) is 19.2 Å². The van der Waals surface area contributed by atoms with Crippen LogP contribution in [0.5, 0.6) is 5.75 Å². The van der Waals surface area contributed by atoms with Gasteiger partial charge in [-0.05, 0) is 44.8 Å². The molecule has 0 saturated carbocycles. The van der Waals surface area contributed by atoms with E-state index in [2.05, 4.69) is 10.2 Å². The van der Waals surface area contributed by atoms with Crippen molar-refractivity contribution in [3.63, 3.8) is 0 Å². The van der Waals surface area contributed by atoms with Crippen LogP contribution in [0.1, 0.15) is 12.0 Å². The topological polar surface area (TPSA) is 41.6 Å². The van der Waals surface area contributed by atoms with Crippen molar-refractivity contribution in [2.75, 3.05) is 34.3 Å². The lowest BCUT2D eigenvalue weighted by molar-refractivity contribution is -0.120. The van der Waals surface area contributed by atoms with Crippen LogP contribution in [0, 0.1) is 0 Å². The summed E-state index contributed by atoms with van der Waals surface area (Å²) in [5, 5.41) is 3.44. The lowest BCUT2D eigenvalue weighted by Crippen LogP contribution is -2.28. The Kier molecular flexibility index (Phi) is 6.67. The summed E-state index contributed by atoms with van der Waals surface area (Å²) in [6.45, 7) is 1.65. The molecule has 1 amide bonds. The summed E-state index contributed by atoms with van der Waals surface area (Å²) < 4.78 is 5.07. The van der Waals surface area contributed by atoms with Gasteiger partial charge >= 0.3 is 0 Å². The summed E-state index contributed by atoms with van der Waals surface area (Å²) in [6.07, 6.45) is 1.24. The van der Waals surface area contributed by atoms with Gasteiger partial charge in [-0.1, -0.05) is 17.7 Å². The molecular formula is C14H21ClN2O2. The minimum atomic E-state index is -0.00850. The normalized spacial score (nSPS) is 10.6. The van der Waals surface area contributed by atoms with Gasteiger partial charge < -0.3 is 15.0 Å². The largest absolute Gasteiger partial charge is 0.497 e. The maximum absolute atomic E-state index is 11.7. The first kappa shape index (κ1) is 15.8. The molecule has 0 radical (unpaired) electrons. The maximum Gasteiger partial charge on any atom is 0.224 e. The van der Waals surface area contributed by atoms with Crippen molar-refractivity contribution in [3.8, 4) is 5.75 Å². The average Bonchev–Trinajstić information content (AvgIpc) is 2.37. The van der Waals surface area contributed by atoms with Gasteiger partial charge in [0.2, 0.25) is 5.91 Å². The summed E-state index contributed by atoms with van der Waals surface area (Å²) in [7, 11) is 5.61. The Hall–Kier alpha value is -1.26. The van der Waals surface area contributed by atoms with Crippen molar-refractivity contribution < 1.29 is 9.53 Å². The number of nitrogens with one attached hydrogen (secondary N) is 1. The Balaban J connectivity index is 2.40. The summed E-state index contributed by atoms with van der Waals surface area (Å²) >= 11 is 6.09. The van der Waals surface area contributed by atoms with Crippen molar-refractivity contribution in [1.82, 2.24) is 10.2 Å². The molecule has 0 aliphatic carbocycles. The van der Waals surface area contributed by atoms with E-state index in [4.69, 9.17) is 16.3 Å². The van der Waals surface area contributed by atoms with E-state index in [0.717, 1.165) is 18.5 Å². The number of hydrogen-bond donors (Lipinski definition) is 1. The highest BCUT2D eigenvalue weighted by Crippen LogP contribution is 2.22. The van der Waals surface area contributed by atoms with Crippen molar-refractivity contribution in [2.45, 2.75) is 12.8 Å². The molecule has 0 bridgehead atoms. The van der Waals surface area contributed by atoms with Gasteiger partial charge in [-0.25, -0.2) is 0 Å². The summed E-state index contributed by atoms with van der Waals surface area (Å²) in [4.78, 5) is 13.8. The van der Waals surface area contributed by atoms with Gasteiger partial charge in [0.1, 0.15) is 5.75 Å². The highest BCUT2D eigenvalue weighted by Gasteiger charge is 2.07. The SMILES string of the molecule is COc1ccc(CC(=O)NCCCN(C)C)c(Cl)c1. The number of hydrogen-bond acceptors (Lipinski definition) is 3. The molecule has 4 nitrogen and oxygen atoms in total. The minimum Gasteiger partial charge on any atom is -0.497 e. The summed E-state index contributed by atoms with van der Waals surface area (Å²) in [5.74, 6) is 0.686. The van der Waals surface area contributed by atoms with Crippen molar-refractivity contribution in [3.05, 3.63) is 28.8 Å². The first-order valence-corrected chi connectivity index (χ1v) is 6.64.